The molecular weight excluding hydrogens is 456 g/mol. The van der Waals surface area contributed by atoms with Crippen LogP contribution < -0.4 is 9.47 Å². The second-order valence-electron chi connectivity index (χ2n) is 7.59. The molecule has 0 bridgehead atoms. The van der Waals surface area contributed by atoms with Crippen molar-refractivity contribution >= 4 is 34.5 Å². The number of nitrogens with zero attached hydrogens (tertiary/aromatic N) is 2. The van der Waals surface area contributed by atoms with E-state index in [1.165, 1.54) is 16.2 Å². The molecule has 0 N–H and O–H groups in total. The van der Waals surface area contributed by atoms with Crippen molar-refractivity contribution in [2.75, 3.05) is 33.4 Å². The Hall–Kier alpha value is -3.10. The van der Waals surface area contributed by atoms with Gasteiger partial charge in [0.1, 0.15) is 24.7 Å². The molecule has 2 aromatic heterocycles. The molecule has 0 spiro atoms. The average molecular weight is 483 g/mol. The number of rotatable bonds is 9. The summed E-state index contributed by atoms with van der Waals surface area (Å²) in [5.74, 6) is 1.14. The molecule has 0 radical (unpaired) electrons. The van der Waals surface area contributed by atoms with Crippen LogP contribution in [0.1, 0.15) is 26.2 Å². The number of hydrogen-bond acceptors (Lipinski definition) is 6. The molecule has 172 valence electrons. The van der Waals surface area contributed by atoms with Gasteiger partial charge in [-0.25, -0.2) is 0 Å². The lowest BCUT2D eigenvalue weighted by atomic mass is 10.0. The molecule has 8 heteroatoms. The predicted molar refractivity (Wildman–Crippen MR) is 131 cm³/mol. The summed E-state index contributed by atoms with van der Waals surface area (Å²) in [5, 5.41) is 3.91. The summed E-state index contributed by atoms with van der Waals surface area (Å²) in [6, 6.07) is 12.9. The maximum absolute atomic E-state index is 13.4. The minimum absolute atomic E-state index is 0.00210. The first-order chi connectivity index (χ1) is 16.1. The molecule has 4 rings (SSSR count). The Morgan fingerprint density at radius 2 is 2.03 bits per heavy atom. The predicted octanol–water partition coefficient (Wildman–Crippen LogP) is 4.65. The fourth-order valence-electron chi connectivity index (χ4n) is 3.93. The molecule has 0 saturated carbocycles. The highest BCUT2D eigenvalue weighted by atomic mass is 32.1. The molecule has 3 heterocycles. The molecule has 0 aliphatic carbocycles. The zero-order chi connectivity index (χ0) is 23.2. The lowest BCUT2D eigenvalue weighted by Gasteiger charge is -2.37. The molecule has 2 amide bonds. The summed E-state index contributed by atoms with van der Waals surface area (Å²) in [4.78, 5) is 31.6. The number of carbonyl (C=O) groups excluding carboxylic acids is 2. The van der Waals surface area contributed by atoms with Crippen LogP contribution in [0.2, 0.25) is 0 Å². The monoisotopic (exact) mass is 482 g/mol. The number of thiophene rings is 2. The van der Waals surface area contributed by atoms with Crippen LogP contribution in [-0.2, 0) is 11.2 Å². The molecule has 0 fully saturated rings. The lowest BCUT2D eigenvalue weighted by molar-refractivity contribution is -0.135. The molecule has 0 unspecified atom stereocenters. The van der Waals surface area contributed by atoms with Gasteiger partial charge in [-0.2, -0.15) is 0 Å². The van der Waals surface area contributed by atoms with Crippen LogP contribution in [-0.4, -0.2) is 55.0 Å². The van der Waals surface area contributed by atoms with Crippen molar-refractivity contribution in [2.24, 2.45) is 0 Å². The highest BCUT2D eigenvalue weighted by molar-refractivity contribution is 7.12. The zero-order valence-corrected chi connectivity index (χ0v) is 20.1. The third-order valence-electron chi connectivity index (χ3n) is 5.56. The fraction of sp³-hybridized carbons (Fsp3) is 0.280. The molecule has 1 aliphatic heterocycles. The smallest absolute Gasteiger partial charge is 0.264 e. The molecule has 6 nitrogen and oxygen atoms in total. The van der Waals surface area contributed by atoms with Crippen LogP contribution >= 0.6 is 22.7 Å². The number of fused-ring (bicyclic) bond motifs is 1. The summed E-state index contributed by atoms with van der Waals surface area (Å²) in [6.07, 6.45) is 2.45. The van der Waals surface area contributed by atoms with Gasteiger partial charge in [0.05, 0.1) is 18.0 Å². The van der Waals surface area contributed by atoms with Crippen molar-refractivity contribution < 1.29 is 19.1 Å². The van der Waals surface area contributed by atoms with Gasteiger partial charge in [0.2, 0.25) is 5.91 Å². The number of amides is 2. The topological polar surface area (TPSA) is 59.1 Å². The van der Waals surface area contributed by atoms with Gasteiger partial charge in [-0.3, -0.25) is 9.59 Å². The highest BCUT2D eigenvalue weighted by Gasteiger charge is 2.33. The quantitative estimate of drug-likeness (QED) is 0.417. The first kappa shape index (κ1) is 23.1. The molecule has 3 aromatic rings. The van der Waals surface area contributed by atoms with E-state index in [4.69, 9.17) is 9.47 Å². The highest BCUT2D eigenvalue weighted by Crippen LogP contribution is 2.34. The molecule has 1 atom stereocenters. The summed E-state index contributed by atoms with van der Waals surface area (Å²) in [7, 11) is 1.62. The molecule has 0 saturated heterocycles. The minimum Gasteiger partial charge on any atom is -0.497 e. The van der Waals surface area contributed by atoms with E-state index in [-0.39, 0.29) is 24.4 Å². The Labute approximate surface area is 201 Å². The Bertz CT molecular complexity index is 1110. The van der Waals surface area contributed by atoms with Gasteiger partial charge in [0.25, 0.3) is 5.91 Å². The second kappa shape index (κ2) is 10.7. The largest absolute Gasteiger partial charge is 0.497 e. The number of methoxy groups -OCH3 is 1. The lowest BCUT2D eigenvalue weighted by Crippen LogP contribution is -2.47. The molecule has 1 aliphatic rings. The van der Waals surface area contributed by atoms with E-state index < -0.39 is 0 Å². The van der Waals surface area contributed by atoms with Crippen LogP contribution in [0.15, 0.2) is 65.9 Å². The minimum atomic E-state index is -0.221. The molecule has 33 heavy (non-hydrogen) atoms. The van der Waals surface area contributed by atoms with Crippen LogP contribution in [0, 0.1) is 0 Å². The number of hydrogen-bond donors (Lipinski definition) is 0. The standard InChI is InChI=1S/C25H26N2O4S2/c1-3-11-26(25(29)23-8-5-13-32-23)16-24(28)27-12-9-22-20(10-14-33-22)21(27)17-31-19-7-4-6-18(15-19)30-2/h3-8,10,13-15,21H,1,9,11-12,16-17H2,2H3/t21-/m1/s1. The summed E-state index contributed by atoms with van der Waals surface area (Å²) in [5.41, 5.74) is 1.11. The number of carbonyl (C=O) groups is 2. The Morgan fingerprint density at radius 3 is 2.79 bits per heavy atom. The zero-order valence-electron chi connectivity index (χ0n) is 18.4. The average Bonchev–Trinajstić information content (AvgIpc) is 3.54. The van der Waals surface area contributed by atoms with Gasteiger partial charge >= 0.3 is 0 Å². The van der Waals surface area contributed by atoms with Gasteiger partial charge < -0.3 is 19.3 Å². The maximum atomic E-state index is 13.4. The van der Waals surface area contributed by atoms with E-state index in [1.54, 1.807) is 35.5 Å². The first-order valence-corrected chi connectivity index (χ1v) is 12.4. The van der Waals surface area contributed by atoms with Crippen molar-refractivity contribution in [2.45, 2.75) is 12.5 Å². The van der Waals surface area contributed by atoms with Gasteiger partial charge in [0, 0.05) is 24.0 Å². The van der Waals surface area contributed by atoms with Crippen LogP contribution in [0.3, 0.4) is 0 Å². The van der Waals surface area contributed by atoms with Gasteiger partial charge in [-0.1, -0.05) is 18.2 Å². The third kappa shape index (κ3) is 5.29. The number of ether oxygens (including phenoxy) is 2. The Kier molecular flexibility index (Phi) is 7.47. The van der Waals surface area contributed by atoms with E-state index in [0.29, 0.717) is 36.1 Å². The Morgan fingerprint density at radius 1 is 1.18 bits per heavy atom. The summed E-state index contributed by atoms with van der Waals surface area (Å²) >= 11 is 3.08. The van der Waals surface area contributed by atoms with Gasteiger partial charge in [-0.15, -0.1) is 29.3 Å². The van der Waals surface area contributed by atoms with E-state index in [2.05, 4.69) is 18.0 Å². The van der Waals surface area contributed by atoms with E-state index >= 15 is 0 Å². The van der Waals surface area contributed by atoms with Crippen LogP contribution in [0.4, 0.5) is 0 Å². The fourth-order valence-corrected chi connectivity index (χ4v) is 5.55. The van der Waals surface area contributed by atoms with Crippen LogP contribution in [0.5, 0.6) is 11.5 Å². The Balaban J connectivity index is 1.51. The second-order valence-corrected chi connectivity index (χ2v) is 9.54. The van der Waals surface area contributed by atoms with Gasteiger partial charge in [-0.05, 0) is 47.0 Å². The maximum Gasteiger partial charge on any atom is 0.264 e. The summed E-state index contributed by atoms with van der Waals surface area (Å²) < 4.78 is 11.4. The van der Waals surface area contributed by atoms with Crippen molar-refractivity contribution in [1.29, 1.82) is 0 Å². The van der Waals surface area contributed by atoms with E-state index in [9.17, 15) is 9.59 Å². The SMILES string of the molecule is C=CCN(CC(=O)N1CCc2sccc2[C@H]1COc1cccc(OC)c1)C(=O)c1cccs1. The normalized spacial score (nSPS) is 14.9. The van der Waals surface area contributed by atoms with Gasteiger partial charge in [0.15, 0.2) is 0 Å². The van der Waals surface area contributed by atoms with Crippen molar-refractivity contribution in [3.63, 3.8) is 0 Å². The van der Waals surface area contributed by atoms with Crippen molar-refractivity contribution in [3.8, 4) is 11.5 Å². The van der Waals surface area contributed by atoms with E-state index in [0.717, 1.165) is 12.0 Å². The van der Waals surface area contributed by atoms with Crippen molar-refractivity contribution in [3.05, 3.63) is 81.2 Å². The summed E-state index contributed by atoms with van der Waals surface area (Å²) in [6.45, 7) is 4.98. The third-order valence-corrected chi connectivity index (χ3v) is 7.41. The number of benzene rings is 1. The van der Waals surface area contributed by atoms with Crippen molar-refractivity contribution in [1.82, 2.24) is 9.80 Å². The van der Waals surface area contributed by atoms with Crippen LogP contribution in [0.25, 0.3) is 0 Å². The molecular formula is C25H26N2O4S2. The first-order valence-electron chi connectivity index (χ1n) is 10.7. The van der Waals surface area contributed by atoms with E-state index in [1.807, 2.05) is 40.6 Å². The molecule has 1 aromatic carbocycles.